The highest BCUT2D eigenvalue weighted by molar-refractivity contribution is 7.86. The van der Waals surface area contributed by atoms with Crippen molar-refractivity contribution in [2.75, 3.05) is 13.2 Å². The van der Waals surface area contributed by atoms with Crippen molar-refractivity contribution in [1.82, 2.24) is 0 Å². The van der Waals surface area contributed by atoms with Crippen LogP contribution in [0.2, 0.25) is 0 Å². The van der Waals surface area contributed by atoms with Gasteiger partial charge < -0.3 is 18.8 Å². The third-order valence-corrected chi connectivity index (χ3v) is 5.05. The smallest absolute Gasteiger partial charge is 0.468 e. The van der Waals surface area contributed by atoms with E-state index in [1.54, 1.807) is 0 Å². The van der Waals surface area contributed by atoms with Crippen LogP contribution in [0, 0.1) is 0 Å². The van der Waals surface area contributed by atoms with Crippen LogP contribution >= 0.6 is 0 Å². The number of ether oxygens (including phenoxy) is 3. The first-order valence-corrected chi connectivity index (χ1v) is 11.0. The summed E-state index contributed by atoms with van der Waals surface area (Å²) in [6.45, 7) is 1.44. The maximum Gasteiger partial charge on any atom is 0.468 e. The Labute approximate surface area is 197 Å². The molecule has 0 heterocycles. The zero-order valence-corrected chi connectivity index (χ0v) is 18.9. The molecule has 0 rings (SSSR count). The van der Waals surface area contributed by atoms with E-state index in [-0.39, 0.29) is 12.8 Å². The molecule has 0 bridgehead atoms. The molecule has 0 amide bonds. The lowest BCUT2D eigenvalue weighted by atomic mass is 10.1. The highest BCUT2D eigenvalue weighted by Gasteiger charge is 2.68. The average molecular weight is 573 g/mol. The molecule has 0 aliphatic carbocycles. The Morgan fingerprint density at radius 3 is 1.83 bits per heavy atom. The van der Waals surface area contributed by atoms with Gasteiger partial charge in [0.15, 0.2) is 10.1 Å². The van der Waals surface area contributed by atoms with Crippen molar-refractivity contribution in [1.29, 1.82) is 0 Å². The topological polar surface area (TPSA) is 119 Å². The zero-order chi connectivity index (χ0) is 28.8. The van der Waals surface area contributed by atoms with Gasteiger partial charge >= 0.3 is 41.3 Å². The molecule has 0 aromatic rings. The van der Waals surface area contributed by atoms with E-state index < -0.39 is 89.4 Å². The van der Waals surface area contributed by atoms with Crippen molar-refractivity contribution >= 4 is 22.1 Å². The van der Waals surface area contributed by atoms with Gasteiger partial charge in [0.25, 0.3) is 0 Å². The monoisotopic (exact) mass is 573 g/mol. The number of rotatable bonds is 14. The molecule has 0 radical (unpaired) electrons. The SMILES string of the molecule is C=C(C(=O)OC(OCCCCC(F)(F)C(F)(F)S(=O)(=O)[O-])(C(=O)OCCCC)C(F)(F)F)C(F)(F)F. The molecule has 1 atom stereocenters. The molecule has 0 saturated heterocycles. The molecule has 0 fully saturated rings. The summed E-state index contributed by atoms with van der Waals surface area (Å²) in [5.74, 6) is -15.7. The minimum Gasteiger partial charge on any atom is -0.743 e. The van der Waals surface area contributed by atoms with Gasteiger partial charge in [0.05, 0.1) is 13.2 Å². The third-order valence-electron chi connectivity index (χ3n) is 4.13. The number of unbranched alkanes of at least 4 members (excludes halogenated alkanes) is 2. The minimum absolute atomic E-state index is 0.0468. The Morgan fingerprint density at radius 1 is 0.889 bits per heavy atom. The number of esters is 2. The lowest BCUT2D eigenvalue weighted by Gasteiger charge is -2.32. The molecule has 0 spiro atoms. The van der Waals surface area contributed by atoms with Gasteiger partial charge in [-0.25, -0.2) is 18.0 Å². The Morgan fingerprint density at radius 2 is 1.42 bits per heavy atom. The van der Waals surface area contributed by atoms with Gasteiger partial charge in [0.1, 0.15) is 5.57 Å². The molecule has 0 aromatic carbocycles. The molecule has 0 saturated carbocycles. The number of halogens is 10. The number of carbonyl (C=O) groups excluding carboxylic acids is 2. The van der Waals surface area contributed by atoms with Gasteiger partial charge in [-0.1, -0.05) is 19.9 Å². The number of alkyl halides is 10. The molecule has 212 valence electrons. The van der Waals surface area contributed by atoms with Crippen molar-refractivity contribution in [3.05, 3.63) is 12.2 Å². The van der Waals surface area contributed by atoms with Crippen molar-refractivity contribution in [3.63, 3.8) is 0 Å². The van der Waals surface area contributed by atoms with E-state index in [2.05, 4.69) is 20.8 Å². The van der Waals surface area contributed by atoms with Gasteiger partial charge in [-0.2, -0.15) is 43.9 Å². The molecule has 1 unspecified atom stereocenters. The van der Waals surface area contributed by atoms with Crippen LogP contribution in [0.15, 0.2) is 12.2 Å². The first-order valence-electron chi connectivity index (χ1n) is 9.56. The molecular weight excluding hydrogens is 554 g/mol. The second-order valence-electron chi connectivity index (χ2n) is 6.95. The Hall–Kier alpha value is -2.15. The summed E-state index contributed by atoms with van der Waals surface area (Å²) in [5, 5.41) is -6.08. The highest BCUT2D eigenvalue weighted by atomic mass is 32.2. The average Bonchev–Trinajstić information content (AvgIpc) is 2.69. The molecule has 0 aromatic heterocycles. The van der Waals surface area contributed by atoms with E-state index in [1.807, 2.05) is 0 Å². The normalized spacial score (nSPS) is 15.2. The van der Waals surface area contributed by atoms with Gasteiger partial charge in [-0.15, -0.1) is 0 Å². The molecule has 0 aliphatic rings. The lowest BCUT2D eigenvalue weighted by molar-refractivity contribution is -0.355. The van der Waals surface area contributed by atoms with Crippen LogP contribution in [0.5, 0.6) is 0 Å². The summed E-state index contributed by atoms with van der Waals surface area (Å²) in [4.78, 5) is 23.7. The summed E-state index contributed by atoms with van der Waals surface area (Å²) in [6, 6.07) is 0. The fourth-order valence-corrected chi connectivity index (χ4v) is 2.56. The van der Waals surface area contributed by atoms with Gasteiger partial charge in [0, 0.05) is 6.42 Å². The van der Waals surface area contributed by atoms with Crippen LogP contribution in [0.25, 0.3) is 0 Å². The third kappa shape index (κ3) is 8.19. The quantitative estimate of drug-likeness (QED) is 0.0758. The number of hydrogen-bond donors (Lipinski definition) is 0. The van der Waals surface area contributed by atoms with Gasteiger partial charge in [0.2, 0.25) is 0 Å². The lowest BCUT2D eigenvalue weighted by Crippen LogP contribution is -2.58. The Kier molecular flexibility index (Phi) is 11.2. The predicted octanol–water partition coefficient (Wildman–Crippen LogP) is 4.21. The van der Waals surface area contributed by atoms with Crippen LogP contribution in [0.4, 0.5) is 43.9 Å². The second-order valence-corrected chi connectivity index (χ2v) is 8.37. The summed E-state index contributed by atoms with van der Waals surface area (Å²) >= 11 is 0. The first kappa shape index (κ1) is 33.8. The predicted molar refractivity (Wildman–Crippen MR) is 95.3 cm³/mol. The fraction of sp³-hybridized carbons (Fsp3) is 0.765. The van der Waals surface area contributed by atoms with Crippen LogP contribution < -0.4 is 0 Å². The molecule has 0 aliphatic heterocycles. The summed E-state index contributed by atoms with van der Waals surface area (Å²) < 4.78 is 175. The molecule has 8 nitrogen and oxygen atoms in total. The standard InChI is InChI=1S/C17H20F10O8S/c1-3-4-8-33-12(29)14(16(23,24)25,35-11(28)10(2)15(20,21)22)34-9-6-5-7-13(18,19)17(26,27)36(30,31)32/h2-9H2,1H3,(H,30,31,32)/p-1. The first-order chi connectivity index (χ1) is 16.0. The maximum absolute atomic E-state index is 13.7. The molecule has 19 heteroatoms. The van der Waals surface area contributed by atoms with Crippen molar-refractivity contribution in [2.45, 2.75) is 68.3 Å². The Balaban J connectivity index is 5.78. The largest absolute Gasteiger partial charge is 0.743 e. The zero-order valence-electron chi connectivity index (χ0n) is 18.1. The molecular formula is C17H19F10O8S-. The van der Waals surface area contributed by atoms with Crippen molar-refractivity contribution in [3.8, 4) is 0 Å². The van der Waals surface area contributed by atoms with E-state index in [0.717, 1.165) is 0 Å². The van der Waals surface area contributed by atoms with Gasteiger partial charge in [-0.3, -0.25) is 0 Å². The minimum atomic E-state index is -6.83. The second kappa shape index (κ2) is 11.9. The van der Waals surface area contributed by atoms with Crippen molar-refractivity contribution in [2.24, 2.45) is 0 Å². The highest BCUT2D eigenvalue weighted by Crippen LogP contribution is 2.42. The number of carbonyl (C=O) groups is 2. The van der Waals surface area contributed by atoms with Gasteiger partial charge in [-0.05, 0) is 19.3 Å². The van der Waals surface area contributed by atoms with Crippen LogP contribution in [-0.4, -0.2) is 67.4 Å². The van der Waals surface area contributed by atoms with Crippen LogP contribution in [-0.2, 0) is 33.9 Å². The fourth-order valence-electron chi connectivity index (χ4n) is 2.09. The summed E-state index contributed by atoms with van der Waals surface area (Å²) in [7, 11) is -6.83. The van der Waals surface area contributed by atoms with E-state index in [9.17, 15) is 66.5 Å². The number of hydrogen-bond acceptors (Lipinski definition) is 8. The summed E-state index contributed by atoms with van der Waals surface area (Å²) in [6.07, 6.45) is -15.9. The van der Waals surface area contributed by atoms with E-state index in [0.29, 0.717) is 0 Å². The van der Waals surface area contributed by atoms with E-state index in [1.165, 1.54) is 6.92 Å². The molecule has 0 N–H and O–H groups in total. The van der Waals surface area contributed by atoms with Crippen LogP contribution in [0.3, 0.4) is 0 Å². The molecule has 36 heavy (non-hydrogen) atoms. The Bertz CT molecular complexity index is 898. The van der Waals surface area contributed by atoms with Crippen molar-refractivity contribution < 1.29 is 80.7 Å². The maximum atomic E-state index is 13.7. The summed E-state index contributed by atoms with van der Waals surface area (Å²) in [5.41, 5.74) is -2.48. The van der Waals surface area contributed by atoms with E-state index in [4.69, 9.17) is 0 Å². The van der Waals surface area contributed by atoms with Crippen LogP contribution in [0.1, 0.15) is 39.0 Å². The van der Waals surface area contributed by atoms with E-state index >= 15 is 0 Å².